The molecule has 1 aromatic rings. The molecular weight excluding hydrogens is 415 g/mol. The lowest BCUT2D eigenvalue weighted by Crippen LogP contribution is -2.40. The molecule has 0 radical (unpaired) electrons. The molecule has 1 heterocycles. The van der Waals surface area contributed by atoms with Crippen molar-refractivity contribution in [2.24, 2.45) is 15.9 Å². The van der Waals surface area contributed by atoms with Crippen molar-refractivity contribution in [3.8, 4) is 5.75 Å². The number of ether oxygens (including phenoxy) is 2. The van der Waals surface area contributed by atoms with Crippen molar-refractivity contribution in [1.29, 1.82) is 5.41 Å². The van der Waals surface area contributed by atoms with Gasteiger partial charge in [-0.15, -0.1) is 0 Å². The third-order valence-electron chi connectivity index (χ3n) is 4.70. The first kappa shape index (κ1) is 24.4. The van der Waals surface area contributed by atoms with Crippen molar-refractivity contribution in [3.63, 3.8) is 0 Å². The van der Waals surface area contributed by atoms with Gasteiger partial charge in [0.05, 0.1) is 18.2 Å². The predicted molar refractivity (Wildman–Crippen MR) is 112 cm³/mol. The highest BCUT2D eigenvalue weighted by Crippen LogP contribution is 2.37. The van der Waals surface area contributed by atoms with E-state index in [9.17, 15) is 13.2 Å². The zero-order chi connectivity index (χ0) is 22.9. The Balaban J connectivity index is 2.24. The minimum Gasteiger partial charge on any atom is -0.493 e. The van der Waals surface area contributed by atoms with E-state index >= 15 is 0 Å². The van der Waals surface area contributed by atoms with Crippen LogP contribution in [-0.4, -0.2) is 62.9 Å². The Morgan fingerprint density at radius 1 is 1.29 bits per heavy atom. The number of nitrogens with two attached hydrogens (primary N) is 1. The van der Waals surface area contributed by atoms with Crippen LogP contribution in [0.4, 0.5) is 13.2 Å². The Labute approximate surface area is 179 Å². The average Bonchev–Trinajstić information content (AvgIpc) is 3.19. The maximum absolute atomic E-state index is 13.6. The summed E-state index contributed by atoms with van der Waals surface area (Å²) >= 11 is 0. The van der Waals surface area contributed by atoms with Crippen molar-refractivity contribution >= 4 is 18.0 Å². The minimum absolute atomic E-state index is 0.0185. The normalized spacial score (nSPS) is 17.4. The number of unbranched alkanes of at least 4 members (excludes halogenated alkanes) is 1. The molecule has 0 saturated carbocycles. The van der Waals surface area contributed by atoms with Gasteiger partial charge in [0.15, 0.2) is 11.8 Å². The highest BCUT2D eigenvalue weighted by molar-refractivity contribution is 6.03. The first-order chi connectivity index (χ1) is 14.8. The van der Waals surface area contributed by atoms with Gasteiger partial charge >= 0.3 is 6.18 Å². The zero-order valence-corrected chi connectivity index (χ0v) is 17.6. The van der Waals surface area contributed by atoms with Crippen molar-refractivity contribution in [3.05, 3.63) is 29.3 Å². The molecule has 0 aromatic heterocycles. The lowest BCUT2D eigenvalue weighted by Gasteiger charge is -2.21. The fourth-order valence-electron chi connectivity index (χ4n) is 3.19. The summed E-state index contributed by atoms with van der Waals surface area (Å²) in [6, 6.07) is 3.42. The number of hydrogen-bond donors (Lipinski definition) is 2. The van der Waals surface area contributed by atoms with E-state index < -0.39 is 11.7 Å². The van der Waals surface area contributed by atoms with Crippen LogP contribution in [0.3, 0.4) is 0 Å². The summed E-state index contributed by atoms with van der Waals surface area (Å²) in [5, 5.41) is 11.4. The molecule has 1 aliphatic heterocycles. The maximum Gasteiger partial charge on any atom is 0.419 e. The van der Waals surface area contributed by atoms with Crippen LogP contribution in [0.1, 0.15) is 36.8 Å². The van der Waals surface area contributed by atoms with E-state index in [1.807, 2.05) is 0 Å². The highest BCUT2D eigenvalue weighted by Gasteiger charge is 2.35. The number of nitrogens with zero attached hydrogens (tertiary/aromatic N) is 3. The van der Waals surface area contributed by atoms with Crippen LogP contribution in [0, 0.1) is 5.41 Å². The molecular formula is C20H28F3N5O3. The molecule has 2 rings (SSSR count). The van der Waals surface area contributed by atoms with Gasteiger partial charge in [0.1, 0.15) is 12.9 Å². The average molecular weight is 443 g/mol. The second-order valence-electron chi connectivity index (χ2n) is 6.92. The number of nitrogens with one attached hydrogen (secondary N) is 1. The predicted octanol–water partition coefficient (Wildman–Crippen LogP) is 3.25. The number of rotatable bonds is 9. The van der Waals surface area contributed by atoms with E-state index in [4.69, 9.17) is 25.5 Å². The van der Waals surface area contributed by atoms with Crippen LogP contribution < -0.4 is 10.5 Å². The molecule has 11 heteroatoms. The van der Waals surface area contributed by atoms with Crippen LogP contribution in [0.25, 0.3) is 0 Å². The van der Waals surface area contributed by atoms with E-state index in [1.54, 1.807) is 12.0 Å². The second kappa shape index (κ2) is 11.5. The fourth-order valence-corrected chi connectivity index (χ4v) is 3.19. The Bertz CT molecular complexity index is 799. The molecule has 1 aromatic carbocycles. The quantitative estimate of drug-likeness (QED) is 0.264. The first-order valence-electron chi connectivity index (χ1n) is 9.87. The largest absolute Gasteiger partial charge is 0.493 e. The van der Waals surface area contributed by atoms with E-state index in [2.05, 4.69) is 10.1 Å². The van der Waals surface area contributed by atoms with Gasteiger partial charge in [-0.1, -0.05) is 5.16 Å². The Morgan fingerprint density at radius 3 is 2.68 bits per heavy atom. The molecule has 3 N–H and O–H groups in total. The summed E-state index contributed by atoms with van der Waals surface area (Å²) in [6.45, 7) is 1.29. The van der Waals surface area contributed by atoms with Crippen molar-refractivity contribution in [2.75, 3.05) is 34.0 Å². The van der Waals surface area contributed by atoms with Gasteiger partial charge in [0, 0.05) is 32.0 Å². The summed E-state index contributed by atoms with van der Waals surface area (Å²) in [5.41, 5.74) is 4.78. The molecule has 0 bridgehead atoms. The molecule has 0 aliphatic carbocycles. The van der Waals surface area contributed by atoms with Gasteiger partial charge in [-0.05, 0) is 43.9 Å². The molecule has 0 spiro atoms. The van der Waals surface area contributed by atoms with Crippen LogP contribution in [0.2, 0.25) is 0 Å². The second-order valence-corrected chi connectivity index (χ2v) is 6.92. The monoisotopic (exact) mass is 443 g/mol. The van der Waals surface area contributed by atoms with E-state index in [0.29, 0.717) is 26.0 Å². The number of methoxy groups -OCH3 is 1. The van der Waals surface area contributed by atoms with Gasteiger partial charge in [-0.2, -0.15) is 13.2 Å². The van der Waals surface area contributed by atoms with Gasteiger partial charge in [-0.25, -0.2) is 4.99 Å². The van der Waals surface area contributed by atoms with Crippen LogP contribution in [0.5, 0.6) is 5.75 Å². The van der Waals surface area contributed by atoms with Gasteiger partial charge in [-0.3, -0.25) is 5.41 Å². The molecule has 1 saturated heterocycles. The molecule has 31 heavy (non-hydrogen) atoms. The molecule has 0 unspecified atom stereocenters. The number of guanidine groups is 1. The summed E-state index contributed by atoms with van der Waals surface area (Å²) in [7, 11) is 2.85. The molecule has 1 atom stereocenters. The summed E-state index contributed by atoms with van der Waals surface area (Å²) in [6.07, 6.45) is -0.264. The van der Waals surface area contributed by atoms with E-state index in [0.717, 1.165) is 18.9 Å². The Hall–Kier alpha value is -2.82. The SMILES string of the molecule is COCCCCOc1ccc(/C(N=C[C@@H]2CCCN2C(=N)N)=N/OC)cc1C(F)(F)F. The third-order valence-corrected chi connectivity index (χ3v) is 4.70. The Kier molecular flexibility index (Phi) is 9.10. The van der Waals surface area contributed by atoms with Crippen molar-refractivity contribution in [1.82, 2.24) is 4.90 Å². The fraction of sp³-hybridized carbons (Fsp3) is 0.550. The number of halogens is 3. The van der Waals surface area contributed by atoms with Crippen LogP contribution in [-0.2, 0) is 15.8 Å². The van der Waals surface area contributed by atoms with Gasteiger partial charge in [0.25, 0.3) is 0 Å². The van der Waals surface area contributed by atoms with Crippen LogP contribution in [0.15, 0.2) is 28.3 Å². The summed E-state index contributed by atoms with van der Waals surface area (Å²) in [5.74, 6) is -0.353. The molecule has 1 fully saturated rings. The molecule has 172 valence electrons. The zero-order valence-electron chi connectivity index (χ0n) is 17.6. The van der Waals surface area contributed by atoms with Gasteiger partial charge in [0.2, 0.25) is 0 Å². The lowest BCUT2D eigenvalue weighted by atomic mass is 10.1. The van der Waals surface area contributed by atoms with Crippen molar-refractivity contribution < 1.29 is 27.5 Å². The topological polar surface area (TPSA) is 106 Å². The molecule has 8 nitrogen and oxygen atoms in total. The third kappa shape index (κ3) is 7.12. The number of benzene rings is 1. The number of alkyl halides is 3. The molecule has 0 amide bonds. The number of likely N-dealkylation sites (tertiary alicyclic amines) is 1. The number of oxime groups is 1. The summed E-state index contributed by atoms with van der Waals surface area (Å²) < 4.78 is 51.2. The number of hydrogen-bond acceptors (Lipinski definition) is 5. The van der Waals surface area contributed by atoms with E-state index in [-0.39, 0.29) is 35.8 Å². The van der Waals surface area contributed by atoms with Crippen LogP contribution >= 0.6 is 0 Å². The van der Waals surface area contributed by atoms with Gasteiger partial charge < -0.3 is 24.9 Å². The standard InChI is InChI=1S/C20H28F3N5O3/c1-29-10-3-4-11-31-17-8-7-14(12-16(17)20(21,22)23)18(27-30-2)26-13-15-6-5-9-28(15)19(24)25/h7-8,12-13,15H,3-6,9-11H2,1-2H3,(H3,24,25)/b26-13?,27-18-/t15-/m0/s1. The Morgan fingerprint density at radius 2 is 2.03 bits per heavy atom. The smallest absolute Gasteiger partial charge is 0.419 e. The maximum atomic E-state index is 13.6. The molecule has 1 aliphatic rings. The number of amidine groups is 1. The van der Waals surface area contributed by atoms with Crippen molar-refractivity contribution in [2.45, 2.75) is 37.9 Å². The highest BCUT2D eigenvalue weighted by atomic mass is 19.4. The number of aliphatic imine (C=N–C) groups is 1. The lowest BCUT2D eigenvalue weighted by molar-refractivity contribution is -0.139. The van der Waals surface area contributed by atoms with E-state index in [1.165, 1.54) is 25.5 Å². The minimum atomic E-state index is -4.61. The first-order valence-corrected chi connectivity index (χ1v) is 9.87. The summed E-state index contributed by atoms with van der Waals surface area (Å²) in [4.78, 5) is 10.7.